The van der Waals surface area contributed by atoms with Gasteiger partial charge in [-0.1, -0.05) is 0 Å². The number of hydrogen-bond donors (Lipinski definition) is 0. The number of ether oxygens (including phenoxy) is 1. The quantitative estimate of drug-likeness (QED) is 0.251. The first kappa shape index (κ1) is 12.8. The zero-order valence-electron chi connectivity index (χ0n) is 9.98. The minimum atomic E-state index is -0.719. The van der Waals surface area contributed by atoms with Gasteiger partial charge in [0.05, 0.1) is 7.11 Å². The fourth-order valence-electron chi connectivity index (χ4n) is 1.14. The monoisotopic (exact) mass is 231 g/mol. The topological polar surface area (TPSA) is 46.6 Å². The van der Waals surface area contributed by atoms with Gasteiger partial charge in [-0.2, -0.15) is 0 Å². The van der Waals surface area contributed by atoms with Crippen LogP contribution in [0.15, 0.2) is 24.3 Å². The van der Waals surface area contributed by atoms with E-state index in [0.717, 1.165) is 5.69 Å². The second-order valence-corrected chi connectivity index (χ2v) is 3.51. The van der Waals surface area contributed by atoms with Gasteiger partial charge in [0.15, 0.2) is 0 Å². The lowest BCUT2D eigenvalue weighted by Gasteiger charge is -2.11. The summed E-state index contributed by atoms with van der Waals surface area (Å²) in [4.78, 5) is 24.2. The highest BCUT2D eigenvalue weighted by atomic mass is 16.5. The molecule has 4 nitrogen and oxygen atoms in total. The molecule has 88 valence electrons. The van der Waals surface area contributed by atoms with Crippen LogP contribution in [0.4, 0.5) is 5.69 Å². The average molecular weight is 231 g/mol. The molecule has 17 heavy (non-hydrogen) atoms. The molecule has 0 saturated carbocycles. The van der Waals surface area contributed by atoms with Crippen molar-refractivity contribution in [3.8, 4) is 11.8 Å². The van der Waals surface area contributed by atoms with Gasteiger partial charge < -0.3 is 9.64 Å². The van der Waals surface area contributed by atoms with Gasteiger partial charge >= 0.3 is 5.97 Å². The van der Waals surface area contributed by atoms with Gasteiger partial charge in [-0.15, -0.1) is 0 Å². The number of hydrogen-bond acceptors (Lipinski definition) is 4. The van der Waals surface area contributed by atoms with Gasteiger partial charge in [-0.3, -0.25) is 4.79 Å². The maximum Gasteiger partial charge on any atom is 0.384 e. The molecule has 0 heterocycles. The molecule has 1 aromatic rings. The first-order valence-electron chi connectivity index (χ1n) is 4.96. The summed E-state index contributed by atoms with van der Waals surface area (Å²) in [6, 6.07) is 6.97. The number of carbonyl (C=O) groups is 2. The summed E-state index contributed by atoms with van der Waals surface area (Å²) in [5.41, 5.74) is 1.44. The van der Waals surface area contributed by atoms with Gasteiger partial charge in [-0.25, -0.2) is 4.79 Å². The molecule has 0 aromatic heterocycles. The van der Waals surface area contributed by atoms with Crippen molar-refractivity contribution in [1.82, 2.24) is 0 Å². The number of rotatable bonds is 2. The van der Waals surface area contributed by atoms with Crippen molar-refractivity contribution < 1.29 is 14.3 Å². The minimum Gasteiger partial charge on any atom is -0.459 e. The van der Waals surface area contributed by atoms with Gasteiger partial charge in [0.1, 0.15) is 0 Å². The molecule has 1 rings (SSSR count). The van der Waals surface area contributed by atoms with E-state index in [2.05, 4.69) is 16.6 Å². The number of nitrogens with zero attached hydrogens (tertiary/aromatic N) is 1. The number of Topliss-reactive ketones (excluding diaryl/α,β-unsaturated/α-hetero) is 1. The van der Waals surface area contributed by atoms with E-state index in [-0.39, 0.29) is 0 Å². The molecule has 4 heteroatoms. The molecule has 0 radical (unpaired) electrons. The number of esters is 1. The third kappa shape index (κ3) is 3.65. The molecule has 0 spiro atoms. The van der Waals surface area contributed by atoms with Crippen LogP contribution in [0.3, 0.4) is 0 Å². The standard InChI is InChI=1S/C13H13NO3/c1-14(2)11-6-4-10(5-7-11)12(15)8-9-13(16)17-3/h4-7H,1-3H3. The van der Waals surface area contributed by atoms with Crippen LogP contribution in [0, 0.1) is 11.8 Å². The fraction of sp³-hybridized carbons (Fsp3) is 0.231. The zero-order chi connectivity index (χ0) is 12.8. The van der Waals surface area contributed by atoms with Crippen molar-refractivity contribution in [2.75, 3.05) is 26.1 Å². The van der Waals surface area contributed by atoms with Crippen LogP contribution in [-0.4, -0.2) is 33.0 Å². The Kier molecular flexibility index (Phi) is 4.29. The molecule has 0 amide bonds. The summed E-state index contributed by atoms with van der Waals surface area (Å²) in [5.74, 6) is 3.20. The second kappa shape index (κ2) is 5.71. The Morgan fingerprint density at radius 1 is 1.12 bits per heavy atom. The zero-order valence-corrected chi connectivity index (χ0v) is 9.98. The first-order chi connectivity index (χ1) is 8.04. The lowest BCUT2D eigenvalue weighted by Crippen LogP contribution is -2.08. The molecule has 0 saturated heterocycles. The SMILES string of the molecule is COC(=O)C#CC(=O)c1ccc(N(C)C)cc1. The van der Waals surface area contributed by atoms with Crippen LogP contribution in [-0.2, 0) is 9.53 Å². The van der Waals surface area contributed by atoms with E-state index in [1.165, 1.54) is 7.11 Å². The Morgan fingerprint density at radius 3 is 2.18 bits per heavy atom. The van der Waals surface area contributed by atoms with Crippen LogP contribution in [0.5, 0.6) is 0 Å². The summed E-state index contributed by atoms with van der Waals surface area (Å²) in [5, 5.41) is 0. The van der Waals surface area contributed by atoms with E-state index in [4.69, 9.17) is 0 Å². The Morgan fingerprint density at radius 2 is 1.71 bits per heavy atom. The van der Waals surface area contributed by atoms with E-state index in [0.29, 0.717) is 5.56 Å². The number of benzene rings is 1. The second-order valence-electron chi connectivity index (χ2n) is 3.51. The highest BCUT2D eigenvalue weighted by Gasteiger charge is 2.03. The largest absolute Gasteiger partial charge is 0.459 e. The van der Waals surface area contributed by atoms with E-state index >= 15 is 0 Å². The molecular formula is C13H13NO3. The van der Waals surface area contributed by atoms with Gasteiger partial charge in [-0.05, 0) is 30.2 Å². The van der Waals surface area contributed by atoms with E-state index in [9.17, 15) is 9.59 Å². The highest BCUT2D eigenvalue weighted by molar-refractivity contribution is 6.11. The molecule has 0 aliphatic rings. The predicted molar refractivity (Wildman–Crippen MR) is 64.9 cm³/mol. The lowest BCUT2D eigenvalue weighted by atomic mass is 10.1. The molecule has 0 unspecified atom stereocenters. The maximum absolute atomic E-state index is 11.6. The molecule has 0 N–H and O–H groups in total. The van der Waals surface area contributed by atoms with Crippen LogP contribution in [0.2, 0.25) is 0 Å². The van der Waals surface area contributed by atoms with Crippen molar-refractivity contribution in [2.45, 2.75) is 0 Å². The smallest absolute Gasteiger partial charge is 0.384 e. The Hall–Kier alpha value is -2.28. The van der Waals surface area contributed by atoms with Crippen LogP contribution >= 0.6 is 0 Å². The van der Waals surface area contributed by atoms with Gasteiger partial charge in [0.2, 0.25) is 5.78 Å². The lowest BCUT2D eigenvalue weighted by molar-refractivity contribution is -0.133. The number of methoxy groups -OCH3 is 1. The third-order valence-electron chi connectivity index (χ3n) is 2.11. The Labute approximate surface area is 100 Å². The normalized spacial score (nSPS) is 8.88. The molecule has 0 fully saturated rings. The van der Waals surface area contributed by atoms with Crippen molar-refractivity contribution >= 4 is 17.4 Å². The Bertz CT molecular complexity index is 478. The average Bonchev–Trinajstić information content (AvgIpc) is 2.35. The molecule has 0 atom stereocenters. The summed E-state index contributed by atoms with van der Waals surface area (Å²) in [6.07, 6.45) is 0. The molecule has 0 bridgehead atoms. The number of anilines is 1. The van der Waals surface area contributed by atoms with Gasteiger partial charge in [0, 0.05) is 31.3 Å². The van der Waals surface area contributed by atoms with E-state index in [1.54, 1.807) is 12.1 Å². The van der Waals surface area contributed by atoms with Crippen molar-refractivity contribution in [3.05, 3.63) is 29.8 Å². The number of ketones is 1. The van der Waals surface area contributed by atoms with Gasteiger partial charge in [0.25, 0.3) is 0 Å². The first-order valence-corrected chi connectivity index (χ1v) is 4.96. The highest BCUT2D eigenvalue weighted by Crippen LogP contribution is 2.12. The molecule has 0 aliphatic carbocycles. The molecular weight excluding hydrogens is 218 g/mol. The Balaban J connectivity index is 2.82. The van der Waals surface area contributed by atoms with Crippen LogP contribution in [0.25, 0.3) is 0 Å². The summed E-state index contributed by atoms with van der Waals surface area (Å²) in [6.45, 7) is 0. The van der Waals surface area contributed by atoms with Crippen molar-refractivity contribution in [1.29, 1.82) is 0 Å². The van der Waals surface area contributed by atoms with Crippen molar-refractivity contribution in [2.24, 2.45) is 0 Å². The molecule has 1 aromatic carbocycles. The summed E-state index contributed by atoms with van der Waals surface area (Å²) in [7, 11) is 5.04. The van der Waals surface area contributed by atoms with Crippen molar-refractivity contribution in [3.63, 3.8) is 0 Å². The number of carbonyl (C=O) groups excluding carboxylic acids is 2. The summed E-state index contributed by atoms with van der Waals surface area (Å²) >= 11 is 0. The van der Waals surface area contributed by atoms with Crippen LogP contribution < -0.4 is 4.90 Å². The van der Waals surface area contributed by atoms with E-state index < -0.39 is 11.8 Å². The third-order valence-corrected chi connectivity index (χ3v) is 2.11. The predicted octanol–water partition coefficient (Wildman–Crippen LogP) is 1.11. The van der Waals surface area contributed by atoms with Crippen LogP contribution in [0.1, 0.15) is 10.4 Å². The van der Waals surface area contributed by atoms with E-state index in [1.807, 2.05) is 31.1 Å². The molecule has 0 aliphatic heterocycles. The maximum atomic E-state index is 11.6. The summed E-state index contributed by atoms with van der Waals surface area (Å²) < 4.78 is 4.32. The minimum absolute atomic E-state index is 0.402. The fourth-order valence-corrected chi connectivity index (χ4v) is 1.14.